The Morgan fingerprint density at radius 2 is 2.05 bits per heavy atom. The van der Waals surface area contributed by atoms with E-state index in [0.717, 1.165) is 10.6 Å². The van der Waals surface area contributed by atoms with Crippen LogP contribution in [0.1, 0.15) is 19.8 Å². The third-order valence-electron chi connectivity index (χ3n) is 3.64. The monoisotopic (exact) mass is 327 g/mol. The maximum absolute atomic E-state index is 12.3. The van der Waals surface area contributed by atoms with Gasteiger partial charge in [0.2, 0.25) is 5.91 Å². The fourth-order valence-corrected chi connectivity index (χ4v) is 5.17. The summed E-state index contributed by atoms with van der Waals surface area (Å²) in [4.78, 5) is 15.2. The molecule has 1 saturated heterocycles. The van der Waals surface area contributed by atoms with E-state index in [4.69, 9.17) is 0 Å². The SMILES string of the molecule is CCN(C(=O)CCSc1ccccc1)C1CCS(=O)(=O)C1. The van der Waals surface area contributed by atoms with Gasteiger partial charge in [-0.25, -0.2) is 8.42 Å². The van der Waals surface area contributed by atoms with E-state index in [9.17, 15) is 13.2 Å². The summed E-state index contributed by atoms with van der Waals surface area (Å²) in [5.41, 5.74) is 0. The van der Waals surface area contributed by atoms with Gasteiger partial charge in [0.25, 0.3) is 0 Å². The van der Waals surface area contributed by atoms with Gasteiger partial charge in [-0.3, -0.25) is 4.79 Å². The first-order valence-corrected chi connectivity index (χ1v) is 10.0. The van der Waals surface area contributed by atoms with Crippen LogP contribution in [0.25, 0.3) is 0 Å². The summed E-state index contributed by atoms with van der Waals surface area (Å²) in [6, 6.07) is 9.84. The van der Waals surface area contributed by atoms with Crippen LogP contribution in [-0.2, 0) is 14.6 Å². The molecule has 116 valence electrons. The lowest BCUT2D eigenvalue weighted by Gasteiger charge is -2.26. The molecule has 0 aliphatic carbocycles. The van der Waals surface area contributed by atoms with Crippen molar-refractivity contribution in [3.05, 3.63) is 30.3 Å². The molecule has 0 radical (unpaired) electrons. The minimum absolute atomic E-state index is 0.0584. The molecule has 1 fully saturated rings. The smallest absolute Gasteiger partial charge is 0.223 e. The number of carbonyl (C=O) groups excluding carboxylic acids is 1. The first-order valence-electron chi connectivity index (χ1n) is 7.19. The van der Waals surface area contributed by atoms with E-state index in [0.29, 0.717) is 19.4 Å². The maximum atomic E-state index is 12.3. The second-order valence-corrected chi connectivity index (χ2v) is 8.55. The molecule has 4 nitrogen and oxygen atoms in total. The van der Waals surface area contributed by atoms with Crippen LogP contribution in [0, 0.1) is 0 Å². The number of nitrogens with zero attached hydrogens (tertiary/aromatic N) is 1. The van der Waals surface area contributed by atoms with Gasteiger partial charge >= 0.3 is 0 Å². The number of sulfone groups is 1. The zero-order valence-corrected chi connectivity index (χ0v) is 13.8. The molecule has 1 heterocycles. The van der Waals surface area contributed by atoms with Crippen molar-refractivity contribution in [3.63, 3.8) is 0 Å². The maximum Gasteiger partial charge on any atom is 0.223 e. The molecule has 0 saturated carbocycles. The zero-order chi connectivity index (χ0) is 15.3. The Morgan fingerprint density at radius 1 is 1.33 bits per heavy atom. The topological polar surface area (TPSA) is 54.5 Å². The van der Waals surface area contributed by atoms with Crippen LogP contribution in [0.2, 0.25) is 0 Å². The number of hydrogen-bond acceptors (Lipinski definition) is 4. The molecule has 0 N–H and O–H groups in total. The number of hydrogen-bond donors (Lipinski definition) is 0. The van der Waals surface area contributed by atoms with Gasteiger partial charge in [-0.1, -0.05) is 18.2 Å². The van der Waals surface area contributed by atoms with Gasteiger partial charge in [0.05, 0.1) is 11.5 Å². The van der Waals surface area contributed by atoms with E-state index in [-0.39, 0.29) is 23.5 Å². The van der Waals surface area contributed by atoms with Crippen molar-refractivity contribution >= 4 is 27.5 Å². The van der Waals surface area contributed by atoms with Crippen LogP contribution in [0.4, 0.5) is 0 Å². The van der Waals surface area contributed by atoms with Gasteiger partial charge in [0.15, 0.2) is 9.84 Å². The largest absolute Gasteiger partial charge is 0.339 e. The lowest BCUT2D eigenvalue weighted by molar-refractivity contribution is -0.132. The Labute approximate surface area is 130 Å². The lowest BCUT2D eigenvalue weighted by Crippen LogP contribution is -2.41. The van der Waals surface area contributed by atoms with Crippen molar-refractivity contribution in [3.8, 4) is 0 Å². The molecule has 0 bridgehead atoms. The molecular weight excluding hydrogens is 306 g/mol. The first kappa shape index (κ1) is 16.4. The van der Waals surface area contributed by atoms with Gasteiger partial charge in [-0.15, -0.1) is 11.8 Å². The highest BCUT2D eigenvalue weighted by Gasteiger charge is 2.33. The Balaban J connectivity index is 1.83. The quantitative estimate of drug-likeness (QED) is 0.752. The Bertz CT molecular complexity index is 572. The molecular formula is C15H21NO3S2. The van der Waals surface area contributed by atoms with Crippen LogP contribution in [-0.4, -0.2) is 49.1 Å². The molecule has 2 rings (SSSR count). The van der Waals surface area contributed by atoms with Crippen LogP contribution in [0.15, 0.2) is 35.2 Å². The second-order valence-electron chi connectivity index (χ2n) is 5.15. The van der Waals surface area contributed by atoms with Crippen molar-refractivity contribution in [1.29, 1.82) is 0 Å². The molecule has 1 aromatic rings. The second kappa shape index (κ2) is 7.31. The summed E-state index contributed by atoms with van der Waals surface area (Å²) in [6.45, 7) is 2.49. The van der Waals surface area contributed by atoms with E-state index in [1.807, 2.05) is 37.3 Å². The third-order valence-corrected chi connectivity index (χ3v) is 6.40. The summed E-state index contributed by atoms with van der Waals surface area (Å²) in [6.07, 6.45) is 1.03. The van der Waals surface area contributed by atoms with Crippen molar-refractivity contribution < 1.29 is 13.2 Å². The summed E-state index contributed by atoms with van der Waals surface area (Å²) in [5, 5.41) is 0. The minimum Gasteiger partial charge on any atom is -0.339 e. The van der Waals surface area contributed by atoms with Crippen molar-refractivity contribution in [2.75, 3.05) is 23.8 Å². The highest BCUT2D eigenvalue weighted by Crippen LogP contribution is 2.21. The summed E-state index contributed by atoms with van der Waals surface area (Å²) in [7, 11) is -2.95. The number of carbonyl (C=O) groups is 1. The molecule has 1 unspecified atom stereocenters. The predicted molar refractivity (Wildman–Crippen MR) is 86.2 cm³/mol. The Kier molecular flexibility index (Phi) is 5.70. The van der Waals surface area contributed by atoms with E-state index < -0.39 is 9.84 Å². The van der Waals surface area contributed by atoms with Crippen molar-refractivity contribution in [1.82, 2.24) is 4.90 Å². The molecule has 1 amide bonds. The summed E-state index contributed by atoms with van der Waals surface area (Å²) in [5.74, 6) is 1.11. The number of thioether (sulfide) groups is 1. The third kappa shape index (κ3) is 4.74. The average molecular weight is 327 g/mol. The Morgan fingerprint density at radius 3 is 2.62 bits per heavy atom. The fourth-order valence-electron chi connectivity index (χ4n) is 2.58. The standard InChI is InChI=1S/C15H21NO3S2/c1-2-16(13-9-11-21(18,19)12-13)15(17)8-10-20-14-6-4-3-5-7-14/h3-7,13H,2,8-12H2,1H3. The van der Waals surface area contributed by atoms with Gasteiger partial charge in [-0.2, -0.15) is 0 Å². The lowest BCUT2D eigenvalue weighted by atomic mass is 10.2. The van der Waals surface area contributed by atoms with E-state index in [2.05, 4.69) is 0 Å². The molecule has 0 aromatic heterocycles. The molecule has 1 aliphatic rings. The van der Waals surface area contributed by atoms with Crippen molar-refractivity contribution in [2.45, 2.75) is 30.7 Å². The van der Waals surface area contributed by atoms with Gasteiger partial charge in [0, 0.05) is 29.7 Å². The fraction of sp³-hybridized carbons (Fsp3) is 0.533. The normalized spacial score (nSPS) is 20.3. The molecule has 1 aromatic carbocycles. The van der Waals surface area contributed by atoms with Gasteiger partial charge in [-0.05, 0) is 25.5 Å². The molecule has 1 aliphatic heterocycles. The van der Waals surface area contributed by atoms with Crippen LogP contribution in [0.5, 0.6) is 0 Å². The highest BCUT2D eigenvalue weighted by molar-refractivity contribution is 7.99. The molecule has 1 atom stereocenters. The van der Waals surface area contributed by atoms with Crippen LogP contribution in [0.3, 0.4) is 0 Å². The number of amides is 1. The van der Waals surface area contributed by atoms with Crippen LogP contribution >= 0.6 is 11.8 Å². The average Bonchev–Trinajstić information content (AvgIpc) is 2.81. The molecule has 6 heteroatoms. The van der Waals surface area contributed by atoms with Crippen molar-refractivity contribution in [2.24, 2.45) is 0 Å². The number of benzene rings is 1. The summed E-state index contributed by atoms with van der Waals surface area (Å²) >= 11 is 1.65. The first-order chi connectivity index (χ1) is 10.0. The van der Waals surface area contributed by atoms with Gasteiger partial charge < -0.3 is 4.90 Å². The highest BCUT2D eigenvalue weighted by atomic mass is 32.2. The van der Waals surface area contributed by atoms with Gasteiger partial charge in [0.1, 0.15) is 0 Å². The zero-order valence-electron chi connectivity index (χ0n) is 12.2. The molecule has 0 spiro atoms. The summed E-state index contributed by atoms with van der Waals surface area (Å²) < 4.78 is 23.1. The Hall–Kier alpha value is -1.01. The predicted octanol–water partition coefficient (Wildman–Crippen LogP) is 2.20. The molecule has 21 heavy (non-hydrogen) atoms. The van der Waals surface area contributed by atoms with E-state index in [1.54, 1.807) is 16.7 Å². The minimum atomic E-state index is -2.95. The number of rotatable bonds is 6. The van der Waals surface area contributed by atoms with Crippen LogP contribution < -0.4 is 0 Å². The van der Waals surface area contributed by atoms with E-state index in [1.165, 1.54) is 0 Å². The van der Waals surface area contributed by atoms with E-state index >= 15 is 0 Å².